The van der Waals surface area contributed by atoms with E-state index in [-0.39, 0.29) is 25.2 Å². The van der Waals surface area contributed by atoms with Crippen LogP contribution in [-0.2, 0) is 24.2 Å². The van der Waals surface area contributed by atoms with Gasteiger partial charge in [-0.2, -0.15) is 4.90 Å². The van der Waals surface area contributed by atoms with Crippen LogP contribution in [0.4, 0.5) is 4.79 Å². The van der Waals surface area contributed by atoms with Gasteiger partial charge in [-0.05, 0) is 0 Å². The second-order valence-electron chi connectivity index (χ2n) is 3.37. The van der Waals surface area contributed by atoms with Crippen molar-refractivity contribution in [2.24, 2.45) is 0 Å². The molecule has 0 N–H and O–H groups in total. The maximum absolute atomic E-state index is 11.2. The molecule has 0 saturated carbocycles. The van der Waals surface area contributed by atoms with E-state index in [1.54, 1.807) is 0 Å². The predicted molar refractivity (Wildman–Crippen MR) is 52.1 cm³/mol. The first kappa shape index (κ1) is 12.6. The number of nitrogens with zero attached hydrogens (tertiary/aromatic N) is 1. The monoisotopic (exact) mass is 249 g/mol. The Morgan fingerprint density at radius 2 is 1.81 bits per heavy atom. The number of sulfone groups is 1. The van der Waals surface area contributed by atoms with Gasteiger partial charge in [0.05, 0.1) is 5.75 Å². The van der Waals surface area contributed by atoms with E-state index in [0.29, 0.717) is 4.90 Å². The molecular weight excluding hydrogens is 238 g/mol. The van der Waals surface area contributed by atoms with Gasteiger partial charge >= 0.3 is 6.09 Å². The van der Waals surface area contributed by atoms with Gasteiger partial charge in [0.2, 0.25) is 11.8 Å². The van der Waals surface area contributed by atoms with Crippen molar-refractivity contribution in [2.45, 2.75) is 12.8 Å². The normalized spacial score (nSPS) is 16.7. The van der Waals surface area contributed by atoms with E-state index in [0.717, 1.165) is 6.26 Å². The molecule has 90 valence electrons. The molecule has 1 rings (SSSR count). The van der Waals surface area contributed by atoms with Crippen LogP contribution in [0.1, 0.15) is 12.8 Å². The van der Waals surface area contributed by atoms with Gasteiger partial charge in [0.25, 0.3) is 0 Å². The minimum atomic E-state index is -3.24. The highest BCUT2D eigenvalue weighted by atomic mass is 32.2. The minimum Gasteiger partial charge on any atom is -0.448 e. The average Bonchev–Trinajstić information content (AvgIpc) is 2.43. The van der Waals surface area contributed by atoms with Gasteiger partial charge in [0.1, 0.15) is 6.61 Å². The third kappa shape index (κ3) is 3.30. The number of hydrogen-bond acceptors (Lipinski definition) is 6. The summed E-state index contributed by atoms with van der Waals surface area (Å²) in [5.41, 5.74) is 0. The van der Waals surface area contributed by atoms with E-state index >= 15 is 0 Å². The second kappa shape index (κ2) is 4.60. The Kier molecular flexibility index (Phi) is 3.63. The fraction of sp³-hybridized carbons (Fsp3) is 0.625. The number of amides is 3. The third-order valence-corrected chi connectivity index (χ3v) is 2.82. The summed E-state index contributed by atoms with van der Waals surface area (Å²) in [6, 6.07) is 0. The highest BCUT2D eigenvalue weighted by molar-refractivity contribution is 7.90. The fourth-order valence-electron chi connectivity index (χ4n) is 1.13. The molecule has 0 aromatic carbocycles. The number of likely N-dealkylation sites (tertiary alicyclic amines) is 1. The molecule has 0 bridgehead atoms. The molecule has 0 radical (unpaired) electrons. The quantitative estimate of drug-likeness (QED) is 0.614. The van der Waals surface area contributed by atoms with Crippen LogP contribution >= 0.6 is 0 Å². The molecule has 8 heteroatoms. The maximum atomic E-state index is 11.2. The molecule has 1 aliphatic heterocycles. The summed E-state index contributed by atoms with van der Waals surface area (Å²) in [6.45, 7) is -0.366. The molecule has 0 aromatic rings. The highest BCUT2D eigenvalue weighted by Gasteiger charge is 2.35. The molecule has 1 aliphatic rings. The van der Waals surface area contributed by atoms with Gasteiger partial charge in [-0.15, -0.1) is 0 Å². The van der Waals surface area contributed by atoms with Crippen LogP contribution in [0.5, 0.6) is 0 Å². The zero-order valence-electron chi connectivity index (χ0n) is 8.63. The Morgan fingerprint density at radius 3 is 2.25 bits per heavy atom. The molecular formula is C8H11NO6S. The lowest BCUT2D eigenvalue weighted by molar-refractivity contribution is -0.136. The lowest BCUT2D eigenvalue weighted by Crippen LogP contribution is -2.36. The molecule has 16 heavy (non-hydrogen) atoms. The zero-order valence-corrected chi connectivity index (χ0v) is 9.45. The summed E-state index contributed by atoms with van der Waals surface area (Å²) >= 11 is 0. The van der Waals surface area contributed by atoms with Crippen LogP contribution in [0.3, 0.4) is 0 Å². The Balaban J connectivity index is 2.47. The Morgan fingerprint density at radius 1 is 1.31 bits per heavy atom. The third-order valence-electron chi connectivity index (χ3n) is 1.91. The Hall–Kier alpha value is -1.44. The average molecular weight is 249 g/mol. The van der Waals surface area contributed by atoms with Crippen molar-refractivity contribution < 1.29 is 27.5 Å². The van der Waals surface area contributed by atoms with Crippen molar-refractivity contribution in [3.8, 4) is 0 Å². The summed E-state index contributed by atoms with van der Waals surface area (Å²) < 4.78 is 26.0. The highest BCUT2D eigenvalue weighted by Crippen LogP contribution is 2.12. The van der Waals surface area contributed by atoms with E-state index < -0.39 is 27.7 Å². The molecule has 1 fully saturated rings. The van der Waals surface area contributed by atoms with E-state index in [2.05, 4.69) is 4.74 Å². The molecule has 7 nitrogen and oxygen atoms in total. The smallest absolute Gasteiger partial charge is 0.423 e. The largest absolute Gasteiger partial charge is 0.448 e. The van der Waals surface area contributed by atoms with E-state index in [1.807, 2.05) is 0 Å². The van der Waals surface area contributed by atoms with E-state index in [4.69, 9.17) is 0 Å². The van der Waals surface area contributed by atoms with Crippen molar-refractivity contribution in [2.75, 3.05) is 18.6 Å². The Labute approximate surface area is 92.3 Å². The SMILES string of the molecule is CS(=O)(=O)CCOC(=O)N1C(=O)CCC1=O. The van der Waals surface area contributed by atoms with Crippen molar-refractivity contribution >= 4 is 27.7 Å². The van der Waals surface area contributed by atoms with Crippen molar-refractivity contribution in [1.82, 2.24) is 4.90 Å². The number of carbonyl (C=O) groups excluding carboxylic acids is 3. The molecule has 1 saturated heterocycles. The lowest BCUT2D eigenvalue weighted by atomic mass is 10.4. The van der Waals surface area contributed by atoms with Crippen molar-refractivity contribution in [1.29, 1.82) is 0 Å². The standard InChI is InChI=1S/C8H11NO6S/c1-16(13,14)5-4-15-8(12)9-6(10)2-3-7(9)11/h2-5H2,1H3. The van der Waals surface area contributed by atoms with Gasteiger partial charge in [-0.1, -0.05) is 0 Å². The molecule has 0 unspecified atom stereocenters. The summed E-state index contributed by atoms with van der Waals surface area (Å²) in [6.07, 6.45) is -0.135. The second-order valence-corrected chi connectivity index (χ2v) is 5.63. The van der Waals surface area contributed by atoms with Crippen LogP contribution in [0.25, 0.3) is 0 Å². The molecule has 0 spiro atoms. The first-order chi connectivity index (χ1) is 7.31. The van der Waals surface area contributed by atoms with Gasteiger partial charge in [0, 0.05) is 19.1 Å². The van der Waals surface area contributed by atoms with Crippen LogP contribution in [-0.4, -0.2) is 49.8 Å². The van der Waals surface area contributed by atoms with Crippen molar-refractivity contribution in [3.63, 3.8) is 0 Å². The first-order valence-corrected chi connectivity index (χ1v) is 6.57. The molecule has 0 aromatic heterocycles. The van der Waals surface area contributed by atoms with Crippen LogP contribution < -0.4 is 0 Å². The van der Waals surface area contributed by atoms with Crippen LogP contribution in [0, 0.1) is 0 Å². The fourth-order valence-corrected chi connectivity index (χ4v) is 1.51. The summed E-state index contributed by atoms with van der Waals surface area (Å²) in [5.74, 6) is -1.57. The van der Waals surface area contributed by atoms with Gasteiger partial charge in [-0.25, -0.2) is 13.2 Å². The molecule has 3 amide bonds. The first-order valence-electron chi connectivity index (χ1n) is 4.51. The van der Waals surface area contributed by atoms with Crippen LogP contribution in [0.15, 0.2) is 0 Å². The number of hydrogen-bond donors (Lipinski definition) is 0. The minimum absolute atomic E-state index is 0.0139. The lowest BCUT2D eigenvalue weighted by Gasteiger charge is -2.11. The number of rotatable bonds is 3. The molecule has 0 aliphatic carbocycles. The summed E-state index contributed by atoms with van der Waals surface area (Å²) in [5, 5.41) is 0. The van der Waals surface area contributed by atoms with Gasteiger partial charge < -0.3 is 4.74 Å². The van der Waals surface area contributed by atoms with Gasteiger partial charge in [0.15, 0.2) is 9.84 Å². The van der Waals surface area contributed by atoms with Crippen LogP contribution in [0.2, 0.25) is 0 Å². The van der Waals surface area contributed by atoms with E-state index in [9.17, 15) is 22.8 Å². The number of ether oxygens (including phenoxy) is 1. The van der Waals surface area contributed by atoms with E-state index in [1.165, 1.54) is 0 Å². The Bertz CT molecular complexity index is 410. The number of imide groups is 3. The molecule has 1 heterocycles. The zero-order chi connectivity index (χ0) is 12.3. The number of carbonyl (C=O) groups is 3. The predicted octanol–water partition coefficient (Wildman–Crippen LogP) is -0.683. The van der Waals surface area contributed by atoms with Gasteiger partial charge in [-0.3, -0.25) is 9.59 Å². The summed E-state index contributed by atoms with van der Waals surface area (Å²) in [7, 11) is -3.24. The molecule has 0 atom stereocenters. The summed E-state index contributed by atoms with van der Waals surface area (Å²) in [4.78, 5) is 33.8. The topological polar surface area (TPSA) is 97.8 Å². The van der Waals surface area contributed by atoms with Crippen molar-refractivity contribution in [3.05, 3.63) is 0 Å². The maximum Gasteiger partial charge on any atom is 0.423 e.